The van der Waals surface area contributed by atoms with E-state index in [1.165, 1.54) is 0 Å². The second kappa shape index (κ2) is 9.19. The van der Waals surface area contributed by atoms with Crippen LogP contribution in [0.15, 0.2) is 0 Å². The number of carbonyl (C=O) groups is 1. The average Bonchev–Trinajstić information content (AvgIpc) is 2.44. The molecule has 0 spiro atoms. The summed E-state index contributed by atoms with van der Waals surface area (Å²) in [6.45, 7) is 8.85. The minimum Gasteiger partial charge on any atom is -0.450 e. The lowest BCUT2D eigenvalue weighted by atomic mass is 9.89. The topological polar surface area (TPSA) is 61.8 Å². The first-order valence-electron chi connectivity index (χ1n) is 7.88. The zero-order valence-electron chi connectivity index (χ0n) is 13.1. The van der Waals surface area contributed by atoms with Crippen LogP contribution >= 0.6 is 0 Å². The second-order valence-corrected chi connectivity index (χ2v) is 5.74. The first-order chi connectivity index (χ1) is 9.60. The van der Waals surface area contributed by atoms with Crippen molar-refractivity contribution in [3.05, 3.63) is 0 Å². The Morgan fingerprint density at radius 2 is 2.20 bits per heavy atom. The normalized spacial score (nSPS) is 25.2. The molecule has 20 heavy (non-hydrogen) atoms. The summed E-state index contributed by atoms with van der Waals surface area (Å²) in [5.74, 6) is 0.539. The third-order valence-electron chi connectivity index (χ3n) is 4.15. The van der Waals surface area contributed by atoms with Crippen molar-refractivity contribution in [2.75, 3.05) is 26.3 Å². The molecule has 5 nitrogen and oxygen atoms in total. The molecule has 0 radical (unpaired) electrons. The van der Waals surface area contributed by atoms with Gasteiger partial charge in [0, 0.05) is 31.8 Å². The Bertz CT molecular complexity index is 286. The van der Waals surface area contributed by atoms with Gasteiger partial charge >= 0.3 is 6.09 Å². The fourth-order valence-electron chi connectivity index (χ4n) is 2.89. The maximum absolute atomic E-state index is 11.6. The zero-order valence-corrected chi connectivity index (χ0v) is 13.1. The molecule has 0 saturated carbocycles. The van der Waals surface area contributed by atoms with Crippen LogP contribution in [0.3, 0.4) is 0 Å². The number of nitrogens with zero attached hydrogens (tertiary/aromatic N) is 1. The largest absolute Gasteiger partial charge is 0.450 e. The highest BCUT2D eigenvalue weighted by Crippen LogP contribution is 2.23. The summed E-state index contributed by atoms with van der Waals surface area (Å²) in [6, 6.07) is 0.680. The molecule has 0 aliphatic carbocycles. The summed E-state index contributed by atoms with van der Waals surface area (Å²) in [5, 5.41) is 12.0. The van der Waals surface area contributed by atoms with E-state index in [1.807, 2.05) is 6.92 Å². The van der Waals surface area contributed by atoms with Crippen molar-refractivity contribution >= 4 is 6.09 Å². The monoisotopic (exact) mass is 286 g/mol. The molecule has 3 atom stereocenters. The van der Waals surface area contributed by atoms with Gasteiger partial charge < -0.3 is 15.2 Å². The van der Waals surface area contributed by atoms with Crippen LogP contribution in [0.25, 0.3) is 0 Å². The number of piperidine rings is 1. The van der Waals surface area contributed by atoms with Crippen molar-refractivity contribution < 1.29 is 14.6 Å². The molecule has 2 N–H and O–H groups in total. The fourth-order valence-corrected chi connectivity index (χ4v) is 2.89. The zero-order chi connectivity index (χ0) is 15.0. The Hall–Kier alpha value is -0.810. The molecule has 5 heteroatoms. The minimum atomic E-state index is -0.315. The number of likely N-dealkylation sites (tertiary alicyclic amines) is 1. The summed E-state index contributed by atoms with van der Waals surface area (Å²) >= 11 is 0. The van der Waals surface area contributed by atoms with Gasteiger partial charge in [-0.1, -0.05) is 6.92 Å². The Kier molecular flexibility index (Phi) is 7.92. The molecule has 1 saturated heterocycles. The molecule has 3 unspecified atom stereocenters. The molecule has 1 aliphatic heterocycles. The van der Waals surface area contributed by atoms with Crippen molar-refractivity contribution in [1.29, 1.82) is 0 Å². The molecule has 118 valence electrons. The van der Waals surface area contributed by atoms with Gasteiger partial charge in [-0.05, 0) is 45.4 Å². The number of aliphatic hydroxyl groups is 1. The number of ether oxygens (including phenoxy) is 1. The van der Waals surface area contributed by atoms with Crippen molar-refractivity contribution in [3.63, 3.8) is 0 Å². The molecule has 0 aromatic rings. The van der Waals surface area contributed by atoms with Crippen molar-refractivity contribution in [2.24, 2.45) is 5.92 Å². The van der Waals surface area contributed by atoms with Crippen LogP contribution in [-0.4, -0.2) is 54.5 Å². The van der Waals surface area contributed by atoms with Gasteiger partial charge in [0.1, 0.15) is 0 Å². The van der Waals surface area contributed by atoms with Gasteiger partial charge in [-0.15, -0.1) is 0 Å². The first-order valence-corrected chi connectivity index (χ1v) is 7.88. The molecule has 1 fully saturated rings. The number of amides is 1. The summed E-state index contributed by atoms with van der Waals surface area (Å²) in [6.07, 6.45) is 3.63. The number of alkyl carbamates (subject to hydrolysis) is 1. The SMILES string of the molecule is CCOC(=O)NC1CC(CCCO)CN(C(C)CC)C1. The van der Waals surface area contributed by atoms with E-state index in [1.54, 1.807) is 0 Å². The van der Waals surface area contributed by atoms with E-state index in [-0.39, 0.29) is 18.7 Å². The molecule has 1 aliphatic rings. The van der Waals surface area contributed by atoms with Crippen molar-refractivity contribution in [1.82, 2.24) is 10.2 Å². The molecular weight excluding hydrogens is 256 g/mol. The highest BCUT2D eigenvalue weighted by molar-refractivity contribution is 5.67. The van der Waals surface area contributed by atoms with E-state index in [0.29, 0.717) is 18.6 Å². The number of carbonyl (C=O) groups excluding carboxylic acids is 1. The second-order valence-electron chi connectivity index (χ2n) is 5.74. The summed E-state index contributed by atoms with van der Waals surface area (Å²) in [4.78, 5) is 14.0. The summed E-state index contributed by atoms with van der Waals surface area (Å²) in [5.41, 5.74) is 0. The van der Waals surface area contributed by atoms with Crippen LogP contribution in [0.4, 0.5) is 4.79 Å². The van der Waals surface area contributed by atoms with Gasteiger partial charge in [-0.2, -0.15) is 0 Å². The van der Waals surface area contributed by atoms with Gasteiger partial charge in [0.2, 0.25) is 0 Å². The highest BCUT2D eigenvalue weighted by Gasteiger charge is 2.30. The van der Waals surface area contributed by atoms with Crippen LogP contribution in [0.2, 0.25) is 0 Å². The molecule has 1 amide bonds. The van der Waals surface area contributed by atoms with E-state index in [9.17, 15) is 4.79 Å². The van der Waals surface area contributed by atoms with E-state index in [0.717, 1.165) is 38.8 Å². The van der Waals surface area contributed by atoms with Crippen LogP contribution in [-0.2, 0) is 4.74 Å². The Balaban J connectivity index is 2.56. The molecule has 1 rings (SSSR count). The number of hydrogen-bond acceptors (Lipinski definition) is 4. The lowest BCUT2D eigenvalue weighted by Gasteiger charge is -2.41. The highest BCUT2D eigenvalue weighted by atomic mass is 16.5. The lowest BCUT2D eigenvalue weighted by Crippen LogP contribution is -2.53. The third kappa shape index (κ3) is 5.67. The van der Waals surface area contributed by atoms with Crippen molar-refractivity contribution in [3.8, 4) is 0 Å². The lowest BCUT2D eigenvalue weighted by molar-refractivity contribution is 0.0870. The Labute approximate surface area is 122 Å². The molecule has 0 aromatic heterocycles. The van der Waals surface area contributed by atoms with Crippen LogP contribution < -0.4 is 5.32 Å². The maximum Gasteiger partial charge on any atom is 0.407 e. The predicted molar refractivity (Wildman–Crippen MR) is 79.7 cm³/mol. The minimum absolute atomic E-state index is 0.153. The average molecular weight is 286 g/mol. The fraction of sp³-hybridized carbons (Fsp3) is 0.933. The number of nitrogens with one attached hydrogen (secondary N) is 1. The molecule has 0 bridgehead atoms. The van der Waals surface area contributed by atoms with Crippen LogP contribution in [0.1, 0.15) is 46.5 Å². The molecule has 0 aromatic carbocycles. The third-order valence-corrected chi connectivity index (χ3v) is 4.15. The van der Waals surface area contributed by atoms with E-state index >= 15 is 0 Å². The van der Waals surface area contributed by atoms with Gasteiger partial charge in [-0.25, -0.2) is 4.79 Å². The standard InChI is InChI=1S/C15H30N2O3/c1-4-12(3)17-10-13(7-6-8-18)9-14(11-17)16-15(19)20-5-2/h12-14,18H,4-11H2,1-3H3,(H,16,19). The van der Waals surface area contributed by atoms with Gasteiger partial charge in [-0.3, -0.25) is 4.90 Å². The Morgan fingerprint density at radius 3 is 2.80 bits per heavy atom. The van der Waals surface area contributed by atoms with E-state index < -0.39 is 0 Å². The smallest absolute Gasteiger partial charge is 0.407 e. The van der Waals surface area contributed by atoms with Crippen LogP contribution in [0.5, 0.6) is 0 Å². The molecule has 1 heterocycles. The van der Waals surface area contributed by atoms with Crippen LogP contribution in [0, 0.1) is 5.92 Å². The Morgan fingerprint density at radius 1 is 1.45 bits per heavy atom. The van der Waals surface area contributed by atoms with E-state index in [2.05, 4.69) is 24.1 Å². The summed E-state index contributed by atoms with van der Waals surface area (Å²) in [7, 11) is 0. The first kappa shape index (κ1) is 17.2. The number of aliphatic hydroxyl groups excluding tert-OH is 1. The predicted octanol–water partition coefficient (Wildman–Crippen LogP) is 1.99. The van der Waals surface area contributed by atoms with Gasteiger partial charge in [0.15, 0.2) is 0 Å². The molecular formula is C15H30N2O3. The summed E-state index contributed by atoms with van der Waals surface area (Å²) < 4.78 is 4.97. The van der Waals surface area contributed by atoms with Crippen molar-refractivity contribution in [2.45, 2.75) is 58.5 Å². The van der Waals surface area contributed by atoms with Gasteiger partial charge in [0.25, 0.3) is 0 Å². The van der Waals surface area contributed by atoms with E-state index in [4.69, 9.17) is 9.84 Å². The quantitative estimate of drug-likeness (QED) is 0.751. The number of hydrogen-bond donors (Lipinski definition) is 2. The van der Waals surface area contributed by atoms with Gasteiger partial charge in [0.05, 0.1) is 6.61 Å². The number of rotatable bonds is 7. The maximum atomic E-state index is 11.6.